The van der Waals surface area contributed by atoms with Gasteiger partial charge in [0.2, 0.25) is 10.0 Å². The molecule has 1 aliphatic carbocycles. The van der Waals surface area contributed by atoms with E-state index in [-0.39, 0.29) is 16.5 Å². The minimum absolute atomic E-state index is 0.0193. The SMILES string of the molecule is CC(NC(=O)/C(C#N)=C\Nc1ccc(S(N)(=O)=O)cc1)c1ccc2c(c1)CCCC2. The fourth-order valence-electron chi connectivity index (χ4n) is 3.43. The zero-order valence-corrected chi connectivity index (χ0v) is 17.5. The number of carbonyl (C=O) groups excluding carboxylic acids is 1. The molecule has 1 amide bonds. The first kappa shape index (κ1) is 21.6. The van der Waals surface area contributed by atoms with Gasteiger partial charge in [-0.1, -0.05) is 18.2 Å². The maximum absolute atomic E-state index is 12.5. The van der Waals surface area contributed by atoms with Crippen molar-refractivity contribution in [1.82, 2.24) is 5.32 Å². The summed E-state index contributed by atoms with van der Waals surface area (Å²) in [5, 5.41) is 20.1. The van der Waals surface area contributed by atoms with E-state index < -0.39 is 15.9 Å². The van der Waals surface area contributed by atoms with Crippen LogP contribution in [0.4, 0.5) is 5.69 Å². The lowest BCUT2D eigenvalue weighted by molar-refractivity contribution is -0.117. The summed E-state index contributed by atoms with van der Waals surface area (Å²) in [6, 6.07) is 13.6. The molecule has 2 aromatic rings. The Morgan fingerprint density at radius 3 is 2.43 bits per heavy atom. The van der Waals surface area contributed by atoms with Crippen molar-refractivity contribution in [2.24, 2.45) is 5.14 Å². The van der Waals surface area contributed by atoms with Crippen LogP contribution in [0.2, 0.25) is 0 Å². The van der Waals surface area contributed by atoms with Gasteiger partial charge < -0.3 is 10.6 Å². The summed E-state index contributed by atoms with van der Waals surface area (Å²) in [6.45, 7) is 1.89. The molecule has 1 aliphatic rings. The Balaban J connectivity index is 1.66. The highest BCUT2D eigenvalue weighted by molar-refractivity contribution is 7.89. The van der Waals surface area contributed by atoms with Gasteiger partial charge in [0.05, 0.1) is 10.9 Å². The van der Waals surface area contributed by atoms with Crippen LogP contribution in [0.5, 0.6) is 0 Å². The number of nitrogens with one attached hydrogen (secondary N) is 2. The molecule has 156 valence electrons. The topological polar surface area (TPSA) is 125 Å². The van der Waals surface area contributed by atoms with Gasteiger partial charge in [-0.15, -0.1) is 0 Å². The molecular formula is C22H24N4O3S. The van der Waals surface area contributed by atoms with Crippen molar-refractivity contribution in [3.63, 3.8) is 0 Å². The number of hydrogen-bond donors (Lipinski definition) is 3. The summed E-state index contributed by atoms with van der Waals surface area (Å²) in [6.07, 6.45) is 5.85. The first-order chi connectivity index (χ1) is 14.3. The molecule has 0 heterocycles. The van der Waals surface area contributed by atoms with Crippen LogP contribution in [-0.4, -0.2) is 14.3 Å². The van der Waals surface area contributed by atoms with Crippen molar-refractivity contribution in [2.75, 3.05) is 5.32 Å². The zero-order chi connectivity index (χ0) is 21.7. The third kappa shape index (κ3) is 5.26. The van der Waals surface area contributed by atoms with E-state index in [2.05, 4.69) is 22.8 Å². The van der Waals surface area contributed by atoms with E-state index in [1.807, 2.05) is 19.1 Å². The predicted octanol–water partition coefficient (Wildman–Crippen LogP) is 2.91. The average Bonchev–Trinajstić information content (AvgIpc) is 2.73. The molecule has 1 unspecified atom stereocenters. The number of nitrogens with two attached hydrogens (primary N) is 1. The number of sulfonamides is 1. The Bertz CT molecular complexity index is 1120. The molecule has 0 radical (unpaired) electrons. The molecule has 8 heteroatoms. The van der Waals surface area contributed by atoms with Crippen LogP contribution in [0.25, 0.3) is 0 Å². The molecule has 0 saturated heterocycles. The molecule has 0 aromatic heterocycles. The average molecular weight is 425 g/mol. The van der Waals surface area contributed by atoms with Crippen LogP contribution in [-0.2, 0) is 27.7 Å². The zero-order valence-electron chi connectivity index (χ0n) is 16.7. The first-order valence-corrected chi connectivity index (χ1v) is 11.2. The van der Waals surface area contributed by atoms with Crippen molar-refractivity contribution in [3.05, 3.63) is 70.9 Å². The lowest BCUT2D eigenvalue weighted by Gasteiger charge is -2.20. The normalized spacial score (nSPS) is 14.9. The summed E-state index contributed by atoms with van der Waals surface area (Å²) in [7, 11) is -3.77. The Kier molecular flexibility index (Phi) is 6.55. The number of nitriles is 1. The second kappa shape index (κ2) is 9.11. The Morgan fingerprint density at radius 2 is 1.80 bits per heavy atom. The number of anilines is 1. The fraction of sp³-hybridized carbons (Fsp3) is 0.273. The van der Waals surface area contributed by atoms with E-state index in [0.29, 0.717) is 5.69 Å². The minimum atomic E-state index is -3.77. The van der Waals surface area contributed by atoms with Crippen molar-refractivity contribution >= 4 is 21.6 Å². The molecule has 0 saturated carbocycles. The van der Waals surface area contributed by atoms with E-state index in [1.165, 1.54) is 54.4 Å². The molecule has 0 spiro atoms. The number of amides is 1. The van der Waals surface area contributed by atoms with Gasteiger partial charge in [-0.2, -0.15) is 5.26 Å². The Hall–Kier alpha value is -3.15. The van der Waals surface area contributed by atoms with Crippen LogP contribution in [0.15, 0.2) is 59.1 Å². The quantitative estimate of drug-likeness (QED) is 0.486. The lowest BCUT2D eigenvalue weighted by atomic mass is 9.89. The maximum Gasteiger partial charge on any atom is 0.263 e. The smallest absolute Gasteiger partial charge is 0.263 e. The van der Waals surface area contributed by atoms with Gasteiger partial charge in [0.15, 0.2) is 0 Å². The second-order valence-electron chi connectivity index (χ2n) is 7.31. The van der Waals surface area contributed by atoms with Crippen molar-refractivity contribution < 1.29 is 13.2 Å². The maximum atomic E-state index is 12.5. The van der Waals surface area contributed by atoms with Gasteiger partial charge in [-0.3, -0.25) is 4.79 Å². The van der Waals surface area contributed by atoms with Crippen LogP contribution >= 0.6 is 0 Å². The molecular weight excluding hydrogens is 400 g/mol. The second-order valence-corrected chi connectivity index (χ2v) is 8.88. The third-order valence-corrected chi connectivity index (χ3v) is 6.08. The molecule has 3 rings (SSSR count). The third-order valence-electron chi connectivity index (χ3n) is 5.15. The van der Waals surface area contributed by atoms with Gasteiger partial charge in [0.25, 0.3) is 5.91 Å². The highest BCUT2D eigenvalue weighted by Crippen LogP contribution is 2.25. The summed E-state index contributed by atoms with van der Waals surface area (Å²) in [5.41, 5.74) is 4.15. The van der Waals surface area contributed by atoms with E-state index in [0.717, 1.165) is 18.4 Å². The largest absolute Gasteiger partial charge is 0.360 e. The van der Waals surface area contributed by atoms with E-state index >= 15 is 0 Å². The molecule has 0 fully saturated rings. The Labute approximate surface area is 176 Å². The standard InChI is InChI=1S/C22H24N4O3S/c1-15(17-7-6-16-4-2-3-5-18(16)12-17)26-22(27)19(13-23)14-25-20-8-10-21(11-9-20)30(24,28)29/h6-12,14-15,25H,2-5H2,1H3,(H,26,27)(H2,24,28,29)/b19-14-. The molecule has 2 aromatic carbocycles. The van der Waals surface area contributed by atoms with Crippen LogP contribution in [0.3, 0.4) is 0 Å². The Morgan fingerprint density at radius 1 is 1.13 bits per heavy atom. The summed E-state index contributed by atoms with van der Waals surface area (Å²) in [4.78, 5) is 12.5. The number of benzene rings is 2. The van der Waals surface area contributed by atoms with Crippen LogP contribution < -0.4 is 15.8 Å². The van der Waals surface area contributed by atoms with E-state index in [4.69, 9.17) is 5.14 Å². The van der Waals surface area contributed by atoms with Gasteiger partial charge in [0, 0.05) is 11.9 Å². The molecule has 4 N–H and O–H groups in total. The van der Waals surface area contributed by atoms with Gasteiger partial charge in [0.1, 0.15) is 11.6 Å². The monoisotopic (exact) mass is 424 g/mol. The van der Waals surface area contributed by atoms with E-state index in [9.17, 15) is 18.5 Å². The van der Waals surface area contributed by atoms with Crippen molar-refractivity contribution in [1.29, 1.82) is 5.26 Å². The minimum Gasteiger partial charge on any atom is -0.360 e. The van der Waals surface area contributed by atoms with Gasteiger partial charge in [-0.25, -0.2) is 13.6 Å². The number of carbonyl (C=O) groups is 1. The number of nitrogens with zero attached hydrogens (tertiary/aromatic N) is 1. The molecule has 7 nitrogen and oxygen atoms in total. The molecule has 0 bridgehead atoms. The number of primary sulfonamides is 1. The number of fused-ring (bicyclic) bond motifs is 1. The number of aryl methyl sites for hydroxylation is 2. The summed E-state index contributed by atoms with van der Waals surface area (Å²) >= 11 is 0. The highest BCUT2D eigenvalue weighted by atomic mass is 32.2. The van der Waals surface area contributed by atoms with Crippen LogP contribution in [0, 0.1) is 11.3 Å². The number of hydrogen-bond acceptors (Lipinski definition) is 5. The van der Waals surface area contributed by atoms with Crippen LogP contribution in [0.1, 0.15) is 42.5 Å². The summed E-state index contributed by atoms with van der Waals surface area (Å²) < 4.78 is 22.6. The summed E-state index contributed by atoms with van der Waals surface area (Å²) in [5.74, 6) is -0.489. The highest BCUT2D eigenvalue weighted by Gasteiger charge is 2.16. The molecule has 1 atom stereocenters. The van der Waals surface area contributed by atoms with Crippen molar-refractivity contribution in [3.8, 4) is 6.07 Å². The van der Waals surface area contributed by atoms with Gasteiger partial charge in [-0.05, 0) is 73.6 Å². The predicted molar refractivity (Wildman–Crippen MR) is 115 cm³/mol. The van der Waals surface area contributed by atoms with Gasteiger partial charge >= 0.3 is 0 Å². The van der Waals surface area contributed by atoms with E-state index in [1.54, 1.807) is 0 Å². The molecule has 0 aliphatic heterocycles. The number of rotatable bonds is 6. The first-order valence-electron chi connectivity index (χ1n) is 9.70. The fourth-order valence-corrected chi connectivity index (χ4v) is 3.94. The lowest BCUT2D eigenvalue weighted by Crippen LogP contribution is -2.28. The van der Waals surface area contributed by atoms with Crippen molar-refractivity contribution in [2.45, 2.75) is 43.5 Å². The molecule has 30 heavy (non-hydrogen) atoms.